The molecule has 2 saturated heterocycles. The molecule has 3 heterocycles. The van der Waals surface area contributed by atoms with Crippen LogP contribution < -0.4 is 4.90 Å². The molecule has 3 aromatic carbocycles. The molecule has 46 heavy (non-hydrogen) atoms. The van der Waals surface area contributed by atoms with Crippen molar-refractivity contribution in [1.29, 1.82) is 0 Å². The molecule has 0 radical (unpaired) electrons. The lowest BCUT2D eigenvalue weighted by Gasteiger charge is -2.29. The number of H-pyrrole nitrogens is 1. The summed E-state index contributed by atoms with van der Waals surface area (Å²) in [6.07, 6.45) is -0.731. The van der Waals surface area contributed by atoms with Gasteiger partial charge >= 0.3 is 6.18 Å². The van der Waals surface area contributed by atoms with Crippen LogP contribution in [0, 0.1) is 0 Å². The molecule has 1 amide bonds. The SMILES string of the molecule is CN(CCN1CCOCC1)C(=O)c1cccc(Cc2ccc(N3CCCCC3)cc2C(=O)c2cc3ccc(C(F)(F)F)cc3[nH]2)c1. The highest BCUT2D eigenvalue weighted by molar-refractivity contribution is 6.11. The Morgan fingerprint density at radius 3 is 2.46 bits per heavy atom. The van der Waals surface area contributed by atoms with E-state index in [0.717, 1.165) is 74.5 Å². The zero-order valence-corrected chi connectivity index (χ0v) is 26.0. The van der Waals surface area contributed by atoms with Crippen molar-refractivity contribution < 1.29 is 27.5 Å². The van der Waals surface area contributed by atoms with Gasteiger partial charge in [0.15, 0.2) is 0 Å². The van der Waals surface area contributed by atoms with Crippen LogP contribution in [0.15, 0.2) is 66.7 Å². The zero-order valence-electron chi connectivity index (χ0n) is 26.0. The van der Waals surface area contributed by atoms with Gasteiger partial charge in [-0.15, -0.1) is 0 Å². The van der Waals surface area contributed by atoms with Crippen molar-refractivity contribution in [2.45, 2.75) is 31.9 Å². The number of anilines is 1. The average molecular weight is 633 g/mol. The van der Waals surface area contributed by atoms with Gasteiger partial charge in [0.1, 0.15) is 0 Å². The fraction of sp³-hybridized carbons (Fsp3) is 0.389. The number of rotatable bonds is 9. The Labute approximate surface area is 266 Å². The zero-order chi connectivity index (χ0) is 32.3. The monoisotopic (exact) mass is 632 g/mol. The number of ketones is 1. The molecule has 0 bridgehead atoms. The Hall–Kier alpha value is -4.15. The standard InChI is InChI=1S/C36H39F3N4O3/c1-41(14-15-42-16-18-46-19-17-42)35(45)28-7-5-6-25(21-28)20-26-9-11-30(43-12-3-2-4-13-43)24-31(26)34(44)33-22-27-8-10-29(36(37,38)39)23-32(27)40-33/h5-11,21-24,40H,2-4,12-20H2,1H3. The van der Waals surface area contributed by atoms with Crippen molar-refractivity contribution in [2.75, 3.05) is 64.4 Å². The van der Waals surface area contributed by atoms with E-state index in [-0.39, 0.29) is 22.9 Å². The molecule has 0 unspecified atom stereocenters. The van der Waals surface area contributed by atoms with E-state index < -0.39 is 11.7 Å². The Morgan fingerprint density at radius 1 is 0.913 bits per heavy atom. The van der Waals surface area contributed by atoms with Crippen LogP contribution in [-0.2, 0) is 17.3 Å². The Bertz CT molecular complexity index is 1700. The fourth-order valence-corrected chi connectivity index (χ4v) is 6.32. The number of hydrogen-bond donors (Lipinski definition) is 1. The lowest BCUT2D eigenvalue weighted by molar-refractivity contribution is -0.137. The molecule has 4 aromatic rings. The second-order valence-corrected chi connectivity index (χ2v) is 12.3. The highest BCUT2D eigenvalue weighted by Crippen LogP contribution is 2.32. The van der Waals surface area contributed by atoms with Gasteiger partial charge in [-0.1, -0.05) is 24.3 Å². The quantitative estimate of drug-likeness (QED) is 0.216. The minimum absolute atomic E-state index is 0.0665. The molecular formula is C36H39F3N4O3. The summed E-state index contributed by atoms with van der Waals surface area (Å²) in [5.41, 5.74) is 3.42. The lowest BCUT2D eigenvalue weighted by Crippen LogP contribution is -2.41. The van der Waals surface area contributed by atoms with Crippen molar-refractivity contribution in [3.8, 4) is 0 Å². The van der Waals surface area contributed by atoms with Gasteiger partial charge in [-0.3, -0.25) is 14.5 Å². The number of hydrogen-bond acceptors (Lipinski definition) is 5. The Balaban J connectivity index is 1.26. The van der Waals surface area contributed by atoms with E-state index in [1.54, 1.807) is 11.0 Å². The van der Waals surface area contributed by atoms with E-state index in [1.165, 1.54) is 12.5 Å². The third-order valence-corrected chi connectivity index (χ3v) is 9.02. The summed E-state index contributed by atoms with van der Waals surface area (Å²) >= 11 is 0. The molecule has 0 spiro atoms. The number of carbonyl (C=O) groups excluding carboxylic acids is 2. The van der Waals surface area contributed by atoms with Crippen molar-refractivity contribution in [1.82, 2.24) is 14.8 Å². The van der Waals surface area contributed by atoms with Crippen LogP contribution in [0.5, 0.6) is 0 Å². The number of aromatic amines is 1. The van der Waals surface area contributed by atoms with Crippen molar-refractivity contribution in [3.05, 3.63) is 100 Å². The van der Waals surface area contributed by atoms with Gasteiger partial charge in [0.2, 0.25) is 5.78 Å². The Kier molecular flexibility index (Phi) is 9.47. The van der Waals surface area contributed by atoms with Crippen LogP contribution in [-0.4, -0.2) is 86.0 Å². The second-order valence-electron chi connectivity index (χ2n) is 12.3. The Morgan fingerprint density at radius 2 is 1.70 bits per heavy atom. The topological polar surface area (TPSA) is 68.9 Å². The lowest BCUT2D eigenvalue weighted by atomic mass is 9.94. The van der Waals surface area contributed by atoms with Crippen molar-refractivity contribution >= 4 is 28.3 Å². The van der Waals surface area contributed by atoms with E-state index >= 15 is 0 Å². The number of amides is 1. The van der Waals surface area contributed by atoms with Gasteiger partial charge in [-0.05, 0) is 79.3 Å². The third-order valence-electron chi connectivity index (χ3n) is 9.02. The minimum Gasteiger partial charge on any atom is -0.379 e. The number of ether oxygens (including phenoxy) is 1. The highest BCUT2D eigenvalue weighted by atomic mass is 19.4. The van der Waals surface area contributed by atoms with Crippen LogP contribution in [0.25, 0.3) is 10.9 Å². The summed E-state index contributed by atoms with van der Waals surface area (Å²) < 4.78 is 45.5. The summed E-state index contributed by atoms with van der Waals surface area (Å²) in [6, 6.07) is 18.5. The molecule has 0 saturated carbocycles. The number of morpholine rings is 1. The van der Waals surface area contributed by atoms with Gasteiger partial charge in [-0.2, -0.15) is 13.2 Å². The molecule has 242 valence electrons. The number of benzene rings is 3. The number of fused-ring (bicyclic) bond motifs is 1. The molecule has 2 aliphatic heterocycles. The minimum atomic E-state index is -4.48. The van der Waals surface area contributed by atoms with Crippen LogP contribution in [0.2, 0.25) is 0 Å². The van der Waals surface area contributed by atoms with Crippen LogP contribution in [0.3, 0.4) is 0 Å². The molecule has 10 heteroatoms. The fourth-order valence-electron chi connectivity index (χ4n) is 6.32. The molecule has 1 N–H and O–H groups in total. The number of nitrogens with one attached hydrogen (secondary N) is 1. The van der Waals surface area contributed by atoms with Gasteiger partial charge in [-0.25, -0.2) is 0 Å². The van der Waals surface area contributed by atoms with E-state index in [4.69, 9.17) is 4.74 Å². The first-order valence-corrected chi connectivity index (χ1v) is 15.9. The maximum absolute atomic E-state index is 14.1. The van der Waals surface area contributed by atoms with Gasteiger partial charge in [0.25, 0.3) is 5.91 Å². The van der Waals surface area contributed by atoms with Crippen molar-refractivity contribution in [3.63, 3.8) is 0 Å². The molecular weight excluding hydrogens is 593 g/mol. The van der Waals surface area contributed by atoms with Crippen LogP contribution in [0.4, 0.5) is 18.9 Å². The smallest absolute Gasteiger partial charge is 0.379 e. The number of alkyl halides is 3. The van der Waals surface area contributed by atoms with E-state index in [1.807, 2.05) is 49.5 Å². The van der Waals surface area contributed by atoms with Gasteiger partial charge in [0, 0.05) is 74.0 Å². The number of piperidine rings is 1. The summed E-state index contributed by atoms with van der Waals surface area (Å²) in [5, 5.41) is 0.536. The van der Waals surface area contributed by atoms with E-state index in [2.05, 4.69) is 14.8 Å². The number of halogens is 3. The van der Waals surface area contributed by atoms with Crippen LogP contribution >= 0.6 is 0 Å². The third kappa shape index (κ3) is 7.29. The molecule has 6 rings (SSSR count). The molecule has 1 aromatic heterocycles. The largest absolute Gasteiger partial charge is 0.416 e. The number of nitrogens with zero attached hydrogens (tertiary/aromatic N) is 3. The van der Waals surface area contributed by atoms with Gasteiger partial charge in [0.05, 0.1) is 24.5 Å². The summed E-state index contributed by atoms with van der Waals surface area (Å²) in [5.74, 6) is -0.350. The number of carbonyl (C=O) groups is 2. The summed E-state index contributed by atoms with van der Waals surface area (Å²) in [6.45, 7) is 6.35. The normalized spacial score (nSPS) is 16.1. The maximum atomic E-state index is 14.1. The second kappa shape index (κ2) is 13.7. The van der Waals surface area contributed by atoms with E-state index in [9.17, 15) is 22.8 Å². The van der Waals surface area contributed by atoms with Crippen LogP contribution in [0.1, 0.15) is 62.4 Å². The van der Waals surface area contributed by atoms with E-state index in [0.29, 0.717) is 42.7 Å². The molecule has 2 fully saturated rings. The highest BCUT2D eigenvalue weighted by Gasteiger charge is 2.31. The summed E-state index contributed by atoms with van der Waals surface area (Å²) in [7, 11) is 1.81. The molecule has 0 atom stereocenters. The first-order chi connectivity index (χ1) is 22.2. The average Bonchev–Trinajstić information content (AvgIpc) is 3.51. The predicted octanol–water partition coefficient (Wildman–Crippen LogP) is 6.40. The maximum Gasteiger partial charge on any atom is 0.416 e. The molecule has 0 aliphatic carbocycles. The molecule has 2 aliphatic rings. The summed E-state index contributed by atoms with van der Waals surface area (Å²) in [4.78, 5) is 36.6. The van der Waals surface area contributed by atoms with Gasteiger partial charge < -0.3 is 19.5 Å². The first-order valence-electron chi connectivity index (χ1n) is 15.9. The number of aromatic nitrogens is 1. The first kappa shape index (κ1) is 31.8. The molecule has 7 nitrogen and oxygen atoms in total. The number of likely N-dealkylation sites (N-methyl/N-ethyl adjacent to an activating group) is 1. The predicted molar refractivity (Wildman–Crippen MR) is 173 cm³/mol. The van der Waals surface area contributed by atoms with Crippen molar-refractivity contribution in [2.24, 2.45) is 0 Å².